The van der Waals surface area contributed by atoms with Crippen molar-refractivity contribution in [1.29, 1.82) is 0 Å². The molecule has 0 unspecified atom stereocenters. The second-order valence-corrected chi connectivity index (χ2v) is 12.5. The number of benzene rings is 3. The number of amides is 1. The van der Waals surface area contributed by atoms with E-state index in [9.17, 15) is 21.6 Å². The summed E-state index contributed by atoms with van der Waals surface area (Å²) in [5.41, 5.74) is 3.34. The van der Waals surface area contributed by atoms with Gasteiger partial charge in [-0.25, -0.2) is 21.6 Å². The molecule has 0 saturated carbocycles. The van der Waals surface area contributed by atoms with Crippen molar-refractivity contribution in [1.82, 2.24) is 4.72 Å². The molecule has 4 rings (SSSR count). The highest BCUT2D eigenvalue weighted by Gasteiger charge is 2.24. The highest BCUT2D eigenvalue weighted by atomic mass is 32.2. The first-order chi connectivity index (χ1) is 18.4. The van der Waals surface area contributed by atoms with Gasteiger partial charge in [-0.3, -0.25) is 9.52 Å². The van der Waals surface area contributed by atoms with E-state index in [0.29, 0.717) is 16.9 Å². The Morgan fingerprint density at radius 1 is 0.795 bits per heavy atom. The molecule has 0 bridgehead atoms. The van der Waals surface area contributed by atoms with Gasteiger partial charge >= 0.3 is 0 Å². The zero-order chi connectivity index (χ0) is 28.4. The molecule has 9 nitrogen and oxygen atoms in total. The molecule has 0 saturated heterocycles. The summed E-state index contributed by atoms with van der Waals surface area (Å²) < 4.78 is 62.6. The number of furan rings is 1. The smallest absolute Gasteiger partial charge is 0.262 e. The average molecular weight is 568 g/mol. The van der Waals surface area contributed by atoms with Crippen LogP contribution in [0.4, 0.5) is 11.4 Å². The molecule has 1 amide bonds. The van der Waals surface area contributed by atoms with Gasteiger partial charge < -0.3 is 9.73 Å². The Morgan fingerprint density at radius 2 is 1.49 bits per heavy atom. The molecule has 0 fully saturated rings. The molecular formula is C28H29N3O6S2. The number of carbonyl (C=O) groups is 1. The zero-order valence-corrected chi connectivity index (χ0v) is 23.5. The zero-order valence-electron chi connectivity index (χ0n) is 21.9. The molecule has 0 radical (unpaired) electrons. The fourth-order valence-electron chi connectivity index (χ4n) is 4.15. The van der Waals surface area contributed by atoms with E-state index in [1.807, 2.05) is 19.9 Å². The Kier molecular flexibility index (Phi) is 7.96. The first-order valence-corrected chi connectivity index (χ1v) is 15.0. The molecule has 3 N–H and O–H groups in total. The summed E-state index contributed by atoms with van der Waals surface area (Å²) in [4.78, 5) is 13.3. The minimum atomic E-state index is -4.02. The average Bonchev–Trinajstić information content (AvgIpc) is 3.40. The van der Waals surface area contributed by atoms with E-state index in [1.54, 1.807) is 44.2 Å². The normalized spacial score (nSPS) is 11.8. The lowest BCUT2D eigenvalue weighted by Gasteiger charge is -2.18. The number of carbonyl (C=O) groups excluding carboxylic acids is 1. The highest BCUT2D eigenvalue weighted by Crippen LogP contribution is 2.29. The van der Waals surface area contributed by atoms with Crippen molar-refractivity contribution in [2.24, 2.45) is 0 Å². The van der Waals surface area contributed by atoms with E-state index in [1.165, 1.54) is 36.6 Å². The van der Waals surface area contributed by atoms with Crippen molar-refractivity contribution in [2.75, 3.05) is 10.0 Å². The van der Waals surface area contributed by atoms with Crippen LogP contribution in [-0.2, 0) is 26.6 Å². The fraction of sp³-hybridized carbons (Fsp3) is 0.179. The van der Waals surface area contributed by atoms with Crippen molar-refractivity contribution < 1.29 is 26.0 Å². The summed E-state index contributed by atoms with van der Waals surface area (Å²) >= 11 is 0. The van der Waals surface area contributed by atoms with Crippen LogP contribution in [0.3, 0.4) is 0 Å². The molecule has 39 heavy (non-hydrogen) atoms. The van der Waals surface area contributed by atoms with E-state index in [0.717, 1.165) is 11.1 Å². The van der Waals surface area contributed by atoms with E-state index >= 15 is 0 Å². The lowest BCUT2D eigenvalue weighted by molar-refractivity contribution is 0.102. The summed E-state index contributed by atoms with van der Waals surface area (Å²) in [6.45, 7) is 7.17. The van der Waals surface area contributed by atoms with Gasteiger partial charge in [0.2, 0.25) is 10.0 Å². The monoisotopic (exact) mass is 567 g/mol. The van der Waals surface area contributed by atoms with Crippen LogP contribution in [0.1, 0.15) is 38.4 Å². The Labute approximate surface area is 228 Å². The maximum atomic E-state index is 13.5. The lowest BCUT2D eigenvalue weighted by Crippen LogP contribution is -2.23. The number of rotatable bonds is 9. The molecule has 0 aliphatic rings. The Bertz CT molecular complexity index is 1720. The van der Waals surface area contributed by atoms with Crippen LogP contribution in [0.5, 0.6) is 0 Å². The summed E-state index contributed by atoms with van der Waals surface area (Å²) in [5.74, 6) is -0.159. The molecule has 4 aromatic rings. The third-order valence-corrected chi connectivity index (χ3v) is 9.44. The Morgan fingerprint density at radius 3 is 2.15 bits per heavy atom. The number of hydrogen-bond acceptors (Lipinski definition) is 6. The van der Waals surface area contributed by atoms with E-state index in [2.05, 4.69) is 14.8 Å². The van der Waals surface area contributed by atoms with Gasteiger partial charge in [0.25, 0.3) is 15.9 Å². The van der Waals surface area contributed by atoms with Gasteiger partial charge in [0, 0.05) is 5.69 Å². The standard InChI is InChI=1S/C28H29N3O6S2/c1-18-15-19(2)21(4)27(20(18)3)39(35,36)31-26-13-6-5-12-25(26)28(32)30-22-9-7-11-24(16-22)38(33,34)29-17-23-10-8-14-37-23/h5-16,29,31H,17H2,1-4H3,(H,30,32). The van der Waals surface area contributed by atoms with Crippen LogP contribution < -0.4 is 14.8 Å². The maximum Gasteiger partial charge on any atom is 0.262 e. The molecule has 204 valence electrons. The Balaban J connectivity index is 1.57. The van der Waals surface area contributed by atoms with Crippen molar-refractivity contribution >= 4 is 37.3 Å². The van der Waals surface area contributed by atoms with Crippen LogP contribution in [0.25, 0.3) is 0 Å². The third-order valence-electron chi connectivity index (χ3n) is 6.40. The van der Waals surface area contributed by atoms with Crippen molar-refractivity contribution in [3.8, 4) is 0 Å². The predicted octanol–water partition coefficient (Wildman–Crippen LogP) is 5.04. The summed E-state index contributed by atoms with van der Waals surface area (Å²) in [7, 11) is -7.92. The number of para-hydroxylation sites is 1. The first-order valence-electron chi connectivity index (χ1n) is 12.0. The molecule has 0 atom stereocenters. The number of hydrogen-bond donors (Lipinski definition) is 3. The minimum Gasteiger partial charge on any atom is -0.468 e. The maximum absolute atomic E-state index is 13.5. The summed E-state index contributed by atoms with van der Waals surface area (Å²) in [6, 6.07) is 17.2. The van der Waals surface area contributed by atoms with Gasteiger partial charge in [-0.2, -0.15) is 0 Å². The largest absolute Gasteiger partial charge is 0.468 e. The second-order valence-electron chi connectivity index (χ2n) is 9.13. The number of anilines is 2. The molecule has 0 spiro atoms. The summed E-state index contributed by atoms with van der Waals surface area (Å²) in [5, 5.41) is 2.66. The molecule has 1 aromatic heterocycles. The highest BCUT2D eigenvalue weighted by molar-refractivity contribution is 7.92. The fourth-order valence-corrected chi connectivity index (χ4v) is 6.89. The SMILES string of the molecule is Cc1cc(C)c(C)c(S(=O)(=O)Nc2ccccc2C(=O)Nc2cccc(S(=O)(=O)NCc3ccco3)c2)c1C. The number of nitrogens with one attached hydrogen (secondary N) is 3. The molecular weight excluding hydrogens is 538 g/mol. The quantitative estimate of drug-likeness (QED) is 0.259. The number of sulfonamides is 2. The second kappa shape index (κ2) is 11.0. The van der Waals surface area contributed by atoms with Crippen molar-refractivity contribution in [3.63, 3.8) is 0 Å². The minimum absolute atomic E-state index is 0.0289. The topological polar surface area (TPSA) is 135 Å². The lowest BCUT2D eigenvalue weighted by atomic mass is 10.0. The molecule has 0 aliphatic heterocycles. The molecule has 11 heteroatoms. The first kappa shape index (κ1) is 28.1. The third kappa shape index (κ3) is 6.22. The van der Waals surface area contributed by atoms with Crippen molar-refractivity contribution in [2.45, 2.75) is 44.0 Å². The van der Waals surface area contributed by atoms with Crippen LogP contribution in [0.2, 0.25) is 0 Å². The van der Waals surface area contributed by atoms with E-state index < -0.39 is 26.0 Å². The summed E-state index contributed by atoms with van der Waals surface area (Å²) in [6.07, 6.45) is 1.45. The predicted molar refractivity (Wildman–Crippen MR) is 150 cm³/mol. The van der Waals surface area contributed by atoms with Crippen LogP contribution in [-0.4, -0.2) is 22.7 Å². The van der Waals surface area contributed by atoms with E-state index in [-0.39, 0.29) is 33.3 Å². The number of aryl methyl sites for hydroxylation is 2. The Hall–Kier alpha value is -3.93. The van der Waals surface area contributed by atoms with Crippen molar-refractivity contribution in [3.05, 3.63) is 107 Å². The van der Waals surface area contributed by atoms with Crippen LogP contribution in [0, 0.1) is 27.7 Å². The molecule has 1 heterocycles. The van der Waals surface area contributed by atoms with Gasteiger partial charge in [0.05, 0.1) is 33.8 Å². The van der Waals surface area contributed by atoms with Gasteiger partial charge in [0.15, 0.2) is 0 Å². The molecule has 0 aliphatic carbocycles. The van der Waals surface area contributed by atoms with Gasteiger partial charge in [-0.1, -0.05) is 24.3 Å². The van der Waals surface area contributed by atoms with Gasteiger partial charge in [-0.05, 0) is 92.4 Å². The molecule has 3 aromatic carbocycles. The van der Waals surface area contributed by atoms with Gasteiger partial charge in [-0.15, -0.1) is 0 Å². The van der Waals surface area contributed by atoms with Crippen LogP contribution >= 0.6 is 0 Å². The van der Waals surface area contributed by atoms with Gasteiger partial charge in [0.1, 0.15) is 5.76 Å². The van der Waals surface area contributed by atoms with E-state index in [4.69, 9.17) is 4.42 Å². The van der Waals surface area contributed by atoms with Crippen LogP contribution in [0.15, 0.2) is 87.2 Å².